The maximum absolute atomic E-state index is 11.9. The second-order valence-corrected chi connectivity index (χ2v) is 5.37. The molecule has 1 N–H and O–H groups in total. The molecule has 0 fully saturated rings. The summed E-state index contributed by atoms with van der Waals surface area (Å²) in [7, 11) is 0. The summed E-state index contributed by atoms with van der Waals surface area (Å²) in [5.41, 5.74) is 1.70. The van der Waals surface area contributed by atoms with Gasteiger partial charge in [0.2, 0.25) is 0 Å². The first-order valence-corrected chi connectivity index (χ1v) is 6.89. The van der Waals surface area contributed by atoms with Gasteiger partial charge >= 0.3 is 0 Å². The summed E-state index contributed by atoms with van der Waals surface area (Å²) in [6, 6.07) is 15.1. The second-order valence-electron chi connectivity index (χ2n) is 3.80. The molecule has 2 rings (SSSR count). The van der Waals surface area contributed by atoms with Gasteiger partial charge in [-0.3, -0.25) is 4.79 Å². The highest BCUT2D eigenvalue weighted by atomic mass is 127. The fourth-order valence-electron chi connectivity index (χ4n) is 1.52. The molecule has 2 aromatic carbocycles. The summed E-state index contributed by atoms with van der Waals surface area (Å²) in [6.45, 7) is 0.527. The molecule has 0 aliphatic rings. The summed E-state index contributed by atoms with van der Waals surface area (Å²) in [5, 5.41) is 3.54. The zero-order valence-corrected chi connectivity index (χ0v) is 12.4. The van der Waals surface area contributed by atoms with E-state index in [1.165, 1.54) is 0 Å². The molecule has 2 nitrogen and oxygen atoms in total. The minimum atomic E-state index is -0.0894. The van der Waals surface area contributed by atoms with Crippen molar-refractivity contribution in [1.29, 1.82) is 0 Å². The first-order valence-electron chi connectivity index (χ1n) is 5.44. The fourth-order valence-corrected chi connectivity index (χ4v) is 2.15. The molecular formula is C14H11ClINO. The lowest BCUT2D eigenvalue weighted by Crippen LogP contribution is -2.22. The number of carbonyl (C=O) groups excluding carboxylic acids is 1. The molecule has 0 bridgehead atoms. The number of hydrogen-bond acceptors (Lipinski definition) is 1. The van der Waals surface area contributed by atoms with E-state index in [0.29, 0.717) is 17.1 Å². The van der Waals surface area contributed by atoms with Crippen molar-refractivity contribution in [2.45, 2.75) is 6.54 Å². The van der Waals surface area contributed by atoms with Crippen LogP contribution in [0.1, 0.15) is 15.9 Å². The van der Waals surface area contributed by atoms with Crippen molar-refractivity contribution >= 4 is 40.1 Å². The minimum Gasteiger partial charge on any atom is -0.348 e. The number of benzene rings is 2. The van der Waals surface area contributed by atoms with Crippen LogP contribution < -0.4 is 5.32 Å². The maximum Gasteiger partial charge on any atom is 0.251 e. The van der Waals surface area contributed by atoms with Gasteiger partial charge in [-0.2, -0.15) is 0 Å². The minimum absolute atomic E-state index is 0.0894. The molecule has 0 saturated heterocycles. The Morgan fingerprint density at radius 2 is 1.89 bits per heavy atom. The van der Waals surface area contributed by atoms with Gasteiger partial charge in [-0.05, 0) is 46.4 Å². The van der Waals surface area contributed by atoms with Gasteiger partial charge in [0, 0.05) is 15.7 Å². The Hall–Kier alpha value is -1.07. The Bertz CT molecular complexity index is 557. The first kappa shape index (κ1) is 13.4. The number of hydrogen-bond donors (Lipinski definition) is 1. The van der Waals surface area contributed by atoms with Crippen LogP contribution in [0.2, 0.25) is 5.02 Å². The topological polar surface area (TPSA) is 29.1 Å². The predicted octanol–water partition coefficient (Wildman–Crippen LogP) is 3.87. The Morgan fingerprint density at radius 1 is 1.17 bits per heavy atom. The number of rotatable bonds is 3. The van der Waals surface area contributed by atoms with Crippen LogP contribution in [0.25, 0.3) is 0 Å². The molecule has 0 aliphatic carbocycles. The highest BCUT2D eigenvalue weighted by Gasteiger charge is 2.07. The molecule has 92 valence electrons. The Balaban J connectivity index is 2.02. The molecule has 0 saturated carbocycles. The summed E-state index contributed by atoms with van der Waals surface area (Å²) in [5.74, 6) is -0.0894. The molecule has 2 aromatic rings. The van der Waals surface area contributed by atoms with Crippen molar-refractivity contribution in [2.24, 2.45) is 0 Å². The number of nitrogens with one attached hydrogen (secondary N) is 1. The Labute approximate surface area is 124 Å². The summed E-state index contributed by atoms with van der Waals surface area (Å²) in [6.07, 6.45) is 0. The molecule has 0 heterocycles. The van der Waals surface area contributed by atoms with Crippen LogP contribution in [0.3, 0.4) is 0 Å². The van der Waals surface area contributed by atoms with Crippen molar-refractivity contribution in [3.63, 3.8) is 0 Å². The third kappa shape index (κ3) is 3.46. The molecule has 0 radical (unpaired) electrons. The molecule has 0 aromatic heterocycles. The van der Waals surface area contributed by atoms with Crippen LogP contribution in [0.4, 0.5) is 0 Å². The van der Waals surface area contributed by atoms with Crippen molar-refractivity contribution in [3.05, 3.63) is 68.3 Å². The third-order valence-corrected chi connectivity index (χ3v) is 4.02. The van der Waals surface area contributed by atoms with E-state index in [4.69, 9.17) is 11.6 Å². The lowest BCUT2D eigenvalue weighted by Gasteiger charge is -2.06. The monoisotopic (exact) mass is 371 g/mol. The van der Waals surface area contributed by atoms with Crippen molar-refractivity contribution in [2.75, 3.05) is 0 Å². The van der Waals surface area contributed by atoms with Crippen LogP contribution in [-0.2, 0) is 6.54 Å². The van der Waals surface area contributed by atoms with Gasteiger partial charge in [0.15, 0.2) is 0 Å². The van der Waals surface area contributed by atoms with Gasteiger partial charge in [0.25, 0.3) is 5.91 Å². The Kier molecular flexibility index (Phi) is 4.60. The average molecular weight is 372 g/mol. The largest absolute Gasteiger partial charge is 0.348 e. The van der Waals surface area contributed by atoms with Gasteiger partial charge in [0.1, 0.15) is 0 Å². The Morgan fingerprint density at radius 3 is 2.56 bits per heavy atom. The van der Waals surface area contributed by atoms with Crippen LogP contribution in [0.15, 0.2) is 48.5 Å². The van der Waals surface area contributed by atoms with Crippen molar-refractivity contribution < 1.29 is 4.79 Å². The first-order chi connectivity index (χ1) is 8.66. The molecule has 0 spiro atoms. The maximum atomic E-state index is 11.9. The van der Waals surface area contributed by atoms with Gasteiger partial charge < -0.3 is 5.32 Å². The standard InChI is InChI=1S/C14H11ClINO/c15-12-7-6-11(8-13(12)16)14(18)17-9-10-4-2-1-3-5-10/h1-8H,9H2,(H,17,18). The van der Waals surface area contributed by atoms with Gasteiger partial charge in [-0.25, -0.2) is 0 Å². The van der Waals surface area contributed by atoms with Crippen molar-refractivity contribution in [1.82, 2.24) is 5.32 Å². The highest BCUT2D eigenvalue weighted by Crippen LogP contribution is 2.19. The smallest absolute Gasteiger partial charge is 0.251 e. The molecule has 4 heteroatoms. The average Bonchev–Trinajstić information content (AvgIpc) is 2.40. The van der Waals surface area contributed by atoms with E-state index in [9.17, 15) is 4.79 Å². The third-order valence-electron chi connectivity index (χ3n) is 2.48. The van der Waals surface area contributed by atoms with Crippen molar-refractivity contribution in [3.8, 4) is 0 Å². The van der Waals surface area contributed by atoms with Gasteiger partial charge in [0.05, 0.1) is 5.02 Å². The molecule has 1 amide bonds. The molecule has 0 unspecified atom stereocenters. The van der Waals surface area contributed by atoms with Crippen LogP contribution in [0.5, 0.6) is 0 Å². The van der Waals surface area contributed by atoms with E-state index in [1.807, 2.05) is 30.3 Å². The van der Waals surface area contributed by atoms with Crippen LogP contribution in [-0.4, -0.2) is 5.91 Å². The summed E-state index contributed by atoms with van der Waals surface area (Å²) >= 11 is 8.03. The van der Waals surface area contributed by atoms with Gasteiger partial charge in [-0.1, -0.05) is 41.9 Å². The molecular weight excluding hydrogens is 361 g/mol. The quantitative estimate of drug-likeness (QED) is 0.815. The van der Waals surface area contributed by atoms with E-state index in [0.717, 1.165) is 9.13 Å². The summed E-state index contributed by atoms with van der Waals surface area (Å²) < 4.78 is 0.877. The zero-order valence-electron chi connectivity index (χ0n) is 9.49. The number of carbonyl (C=O) groups is 1. The number of halogens is 2. The lowest BCUT2D eigenvalue weighted by atomic mass is 10.2. The fraction of sp³-hybridized carbons (Fsp3) is 0.0714. The van der Waals surface area contributed by atoms with Crippen LogP contribution >= 0.6 is 34.2 Å². The molecule has 18 heavy (non-hydrogen) atoms. The van der Waals surface area contributed by atoms with E-state index in [1.54, 1.807) is 18.2 Å². The van der Waals surface area contributed by atoms with Gasteiger partial charge in [-0.15, -0.1) is 0 Å². The number of amides is 1. The van der Waals surface area contributed by atoms with E-state index in [2.05, 4.69) is 27.9 Å². The predicted molar refractivity (Wildman–Crippen MR) is 81.8 cm³/mol. The SMILES string of the molecule is O=C(NCc1ccccc1)c1ccc(Cl)c(I)c1. The molecule has 0 atom stereocenters. The van der Waals surface area contributed by atoms with Crippen LogP contribution in [0, 0.1) is 3.57 Å². The van der Waals surface area contributed by atoms with E-state index < -0.39 is 0 Å². The lowest BCUT2D eigenvalue weighted by molar-refractivity contribution is 0.0951. The normalized spacial score (nSPS) is 10.1. The summed E-state index contributed by atoms with van der Waals surface area (Å²) in [4.78, 5) is 11.9. The van der Waals surface area contributed by atoms with E-state index in [-0.39, 0.29) is 5.91 Å². The zero-order chi connectivity index (χ0) is 13.0. The molecule has 0 aliphatic heterocycles. The second kappa shape index (κ2) is 6.20. The van der Waals surface area contributed by atoms with E-state index >= 15 is 0 Å². The highest BCUT2D eigenvalue weighted by molar-refractivity contribution is 14.1.